The summed E-state index contributed by atoms with van der Waals surface area (Å²) in [5, 5.41) is 3.66. The maximum atomic E-state index is 13.6. The summed E-state index contributed by atoms with van der Waals surface area (Å²) in [6.45, 7) is 6.10. The molecular formula is C29H33ClN2O2. The molecule has 0 saturated carbocycles. The Morgan fingerprint density at radius 3 is 2.00 bits per heavy atom. The van der Waals surface area contributed by atoms with Crippen LogP contribution in [0.2, 0.25) is 5.02 Å². The maximum absolute atomic E-state index is 13.6. The van der Waals surface area contributed by atoms with Crippen molar-refractivity contribution in [3.8, 4) is 0 Å². The van der Waals surface area contributed by atoms with Crippen molar-refractivity contribution in [2.75, 3.05) is 0 Å². The van der Waals surface area contributed by atoms with Crippen molar-refractivity contribution in [2.24, 2.45) is 0 Å². The molecule has 0 fully saturated rings. The molecule has 0 unspecified atom stereocenters. The van der Waals surface area contributed by atoms with Gasteiger partial charge >= 0.3 is 0 Å². The molecular weight excluding hydrogens is 444 g/mol. The van der Waals surface area contributed by atoms with E-state index in [1.54, 1.807) is 4.90 Å². The summed E-state index contributed by atoms with van der Waals surface area (Å²) in [4.78, 5) is 28.8. The van der Waals surface area contributed by atoms with E-state index in [2.05, 4.69) is 5.32 Å². The largest absolute Gasteiger partial charge is 0.350 e. The third kappa shape index (κ3) is 7.74. The topological polar surface area (TPSA) is 49.4 Å². The quantitative estimate of drug-likeness (QED) is 0.422. The number of amides is 2. The van der Waals surface area contributed by atoms with Crippen LogP contribution in [0.1, 0.15) is 43.9 Å². The van der Waals surface area contributed by atoms with Crippen molar-refractivity contribution in [3.63, 3.8) is 0 Å². The summed E-state index contributed by atoms with van der Waals surface area (Å²) in [7, 11) is 0. The Hall–Kier alpha value is -3.11. The van der Waals surface area contributed by atoms with Crippen LogP contribution in [-0.4, -0.2) is 28.3 Å². The highest BCUT2D eigenvalue weighted by Crippen LogP contribution is 2.22. The van der Waals surface area contributed by atoms with Gasteiger partial charge < -0.3 is 10.2 Å². The third-order valence-electron chi connectivity index (χ3n) is 5.54. The number of rotatable bonds is 9. The van der Waals surface area contributed by atoms with Crippen molar-refractivity contribution in [3.05, 3.63) is 107 Å². The molecule has 0 aliphatic heterocycles. The summed E-state index contributed by atoms with van der Waals surface area (Å²) < 4.78 is 0. The van der Waals surface area contributed by atoms with E-state index in [4.69, 9.17) is 11.6 Å². The van der Waals surface area contributed by atoms with Gasteiger partial charge in [-0.1, -0.05) is 90.5 Å². The first-order valence-corrected chi connectivity index (χ1v) is 12.0. The van der Waals surface area contributed by atoms with E-state index >= 15 is 0 Å². The van der Waals surface area contributed by atoms with Crippen LogP contribution in [0.3, 0.4) is 0 Å². The van der Waals surface area contributed by atoms with Crippen molar-refractivity contribution < 1.29 is 9.59 Å². The first-order chi connectivity index (χ1) is 16.2. The number of hydrogen-bond acceptors (Lipinski definition) is 2. The van der Waals surface area contributed by atoms with Crippen LogP contribution in [0, 0.1) is 0 Å². The smallest absolute Gasteiger partial charge is 0.243 e. The average Bonchev–Trinajstić information content (AvgIpc) is 2.81. The number of aryl methyl sites for hydroxylation is 1. The highest BCUT2D eigenvalue weighted by Gasteiger charge is 2.32. The molecule has 0 bridgehead atoms. The Kier molecular flexibility index (Phi) is 8.89. The molecule has 3 rings (SSSR count). The second-order valence-corrected chi connectivity index (χ2v) is 9.95. The van der Waals surface area contributed by atoms with Gasteiger partial charge in [0, 0.05) is 29.9 Å². The normalized spacial score (nSPS) is 12.1. The lowest BCUT2D eigenvalue weighted by Crippen LogP contribution is -2.54. The highest BCUT2D eigenvalue weighted by molar-refractivity contribution is 6.31. The fourth-order valence-electron chi connectivity index (χ4n) is 3.86. The Morgan fingerprint density at radius 1 is 0.853 bits per heavy atom. The molecule has 0 saturated heterocycles. The van der Waals surface area contributed by atoms with Gasteiger partial charge in [-0.25, -0.2) is 0 Å². The van der Waals surface area contributed by atoms with Crippen LogP contribution in [0.25, 0.3) is 0 Å². The van der Waals surface area contributed by atoms with Gasteiger partial charge in [0.1, 0.15) is 6.04 Å². The number of nitrogens with zero attached hydrogens (tertiary/aromatic N) is 1. The summed E-state index contributed by atoms with van der Waals surface area (Å²) >= 11 is 6.46. The predicted molar refractivity (Wildman–Crippen MR) is 139 cm³/mol. The molecule has 4 nitrogen and oxygen atoms in total. The minimum absolute atomic E-state index is 0.0752. The van der Waals surface area contributed by atoms with Gasteiger partial charge in [-0.15, -0.1) is 0 Å². The Morgan fingerprint density at radius 2 is 1.41 bits per heavy atom. The van der Waals surface area contributed by atoms with E-state index in [-0.39, 0.29) is 18.4 Å². The second kappa shape index (κ2) is 11.8. The van der Waals surface area contributed by atoms with E-state index < -0.39 is 11.6 Å². The lowest BCUT2D eigenvalue weighted by Gasteiger charge is -2.34. The first-order valence-electron chi connectivity index (χ1n) is 11.7. The Bertz CT molecular complexity index is 1080. The van der Waals surface area contributed by atoms with E-state index in [1.807, 2.05) is 106 Å². The van der Waals surface area contributed by atoms with Gasteiger partial charge in [0.2, 0.25) is 11.8 Å². The minimum atomic E-state index is -0.666. The van der Waals surface area contributed by atoms with E-state index in [9.17, 15) is 9.59 Å². The first kappa shape index (κ1) is 25.5. The van der Waals surface area contributed by atoms with Gasteiger partial charge in [0.15, 0.2) is 0 Å². The van der Waals surface area contributed by atoms with Crippen LogP contribution >= 0.6 is 11.6 Å². The van der Waals surface area contributed by atoms with Gasteiger partial charge in [-0.3, -0.25) is 9.59 Å². The fraction of sp³-hybridized carbons (Fsp3) is 0.310. The number of carbonyl (C=O) groups excluding carboxylic acids is 2. The zero-order chi connectivity index (χ0) is 24.6. The van der Waals surface area contributed by atoms with Crippen molar-refractivity contribution in [2.45, 2.75) is 58.2 Å². The summed E-state index contributed by atoms with van der Waals surface area (Å²) in [6, 6.07) is 26.5. The Labute approximate surface area is 207 Å². The average molecular weight is 477 g/mol. The van der Waals surface area contributed by atoms with E-state index in [1.165, 1.54) is 0 Å². The van der Waals surface area contributed by atoms with E-state index in [0.717, 1.165) is 16.7 Å². The molecule has 2 amide bonds. The molecule has 0 spiro atoms. The van der Waals surface area contributed by atoms with Crippen LogP contribution in [0.15, 0.2) is 84.9 Å². The fourth-order valence-corrected chi connectivity index (χ4v) is 4.05. The molecule has 0 aromatic heterocycles. The van der Waals surface area contributed by atoms with Crippen LogP contribution in [0.5, 0.6) is 0 Å². The van der Waals surface area contributed by atoms with Gasteiger partial charge in [0.05, 0.1) is 0 Å². The second-order valence-electron chi connectivity index (χ2n) is 9.54. The number of hydrogen-bond donors (Lipinski definition) is 1. The SMILES string of the molecule is CC(C)(C)NC(=O)[C@@H](Cc1ccccc1)N(Cc1ccccc1Cl)C(=O)CCc1ccccc1. The van der Waals surface area contributed by atoms with Gasteiger partial charge in [0.25, 0.3) is 0 Å². The number of carbonyl (C=O) groups is 2. The highest BCUT2D eigenvalue weighted by atomic mass is 35.5. The van der Waals surface area contributed by atoms with Crippen molar-refractivity contribution in [1.29, 1.82) is 0 Å². The molecule has 0 radical (unpaired) electrons. The van der Waals surface area contributed by atoms with Crippen LogP contribution < -0.4 is 5.32 Å². The van der Waals surface area contributed by atoms with Crippen molar-refractivity contribution >= 4 is 23.4 Å². The third-order valence-corrected chi connectivity index (χ3v) is 5.91. The molecule has 34 heavy (non-hydrogen) atoms. The number of nitrogens with one attached hydrogen (secondary N) is 1. The molecule has 5 heteroatoms. The number of halogens is 1. The predicted octanol–water partition coefficient (Wildman–Crippen LogP) is 5.83. The molecule has 3 aromatic rings. The molecule has 0 aliphatic carbocycles. The van der Waals surface area contributed by atoms with Crippen molar-refractivity contribution in [1.82, 2.24) is 10.2 Å². The summed E-state index contributed by atoms with van der Waals surface area (Å²) in [5.74, 6) is -0.245. The van der Waals surface area contributed by atoms with Crippen LogP contribution in [-0.2, 0) is 29.0 Å². The zero-order valence-corrected chi connectivity index (χ0v) is 20.9. The van der Waals surface area contributed by atoms with E-state index in [0.29, 0.717) is 24.3 Å². The Balaban J connectivity index is 1.94. The van der Waals surface area contributed by atoms with Gasteiger partial charge in [-0.05, 0) is 49.9 Å². The van der Waals surface area contributed by atoms with Gasteiger partial charge in [-0.2, -0.15) is 0 Å². The molecule has 3 aromatic carbocycles. The molecule has 178 valence electrons. The molecule has 0 heterocycles. The van der Waals surface area contributed by atoms with Crippen LogP contribution in [0.4, 0.5) is 0 Å². The molecule has 0 aliphatic rings. The lowest BCUT2D eigenvalue weighted by atomic mass is 10.00. The number of benzene rings is 3. The summed E-state index contributed by atoms with van der Waals surface area (Å²) in [5.41, 5.74) is 2.48. The standard InChI is InChI=1S/C29H33ClN2O2/c1-29(2,3)31-28(34)26(20-23-14-8-5-9-15-23)32(21-24-16-10-11-17-25(24)30)27(33)19-18-22-12-6-4-7-13-22/h4-17,26H,18-21H2,1-3H3,(H,31,34)/t26-/m1/s1. The molecule has 1 N–H and O–H groups in total. The molecule has 1 atom stereocenters. The lowest BCUT2D eigenvalue weighted by molar-refractivity contribution is -0.141. The maximum Gasteiger partial charge on any atom is 0.243 e. The summed E-state index contributed by atoms with van der Waals surface area (Å²) in [6.07, 6.45) is 1.34. The monoisotopic (exact) mass is 476 g/mol. The minimum Gasteiger partial charge on any atom is -0.350 e. The zero-order valence-electron chi connectivity index (χ0n) is 20.1.